The number of imidazole rings is 1. The zero-order valence-electron chi connectivity index (χ0n) is 11.6. The van der Waals surface area contributed by atoms with Crippen LogP contribution in [0.4, 0.5) is 5.69 Å². The van der Waals surface area contributed by atoms with Gasteiger partial charge in [-0.15, -0.1) is 0 Å². The van der Waals surface area contributed by atoms with E-state index in [1.807, 2.05) is 6.92 Å². The van der Waals surface area contributed by atoms with Crippen LogP contribution in [0, 0.1) is 13.8 Å². The van der Waals surface area contributed by atoms with E-state index in [-0.39, 0.29) is 0 Å². The molecule has 0 amide bonds. The molecule has 0 aliphatic rings. The topological polar surface area (TPSA) is 31.9 Å². The number of anilines is 1. The smallest absolute Gasteiger partial charge is 0.137 e. The second-order valence-corrected chi connectivity index (χ2v) is 4.51. The van der Waals surface area contributed by atoms with Crippen LogP contribution < -0.4 is 4.90 Å². The summed E-state index contributed by atoms with van der Waals surface area (Å²) in [7, 11) is 0. The minimum Gasteiger partial charge on any atom is -0.372 e. The summed E-state index contributed by atoms with van der Waals surface area (Å²) in [6.07, 6.45) is 0. The molecule has 0 saturated carbocycles. The molecule has 0 aliphatic heterocycles. The van der Waals surface area contributed by atoms with Crippen molar-refractivity contribution in [1.29, 1.82) is 0 Å². The number of aromatic nitrogens is 2. The summed E-state index contributed by atoms with van der Waals surface area (Å²) < 4.78 is 0. The number of aromatic amines is 1. The van der Waals surface area contributed by atoms with Crippen molar-refractivity contribution in [3.63, 3.8) is 0 Å². The third kappa shape index (κ3) is 2.40. The molecular formula is C15H21N3. The summed E-state index contributed by atoms with van der Waals surface area (Å²) >= 11 is 0. The lowest BCUT2D eigenvalue weighted by molar-refractivity contribution is 0.866. The highest BCUT2D eigenvalue weighted by molar-refractivity contribution is 5.61. The normalized spacial score (nSPS) is 10.7. The minimum absolute atomic E-state index is 0.955. The maximum atomic E-state index is 4.53. The molecule has 0 atom stereocenters. The summed E-state index contributed by atoms with van der Waals surface area (Å²) in [5, 5.41) is 0. The first-order chi connectivity index (χ1) is 8.65. The van der Waals surface area contributed by atoms with E-state index >= 15 is 0 Å². The van der Waals surface area contributed by atoms with Gasteiger partial charge >= 0.3 is 0 Å². The molecule has 3 nitrogen and oxygen atoms in total. The van der Waals surface area contributed by atoms with E-state index in [4.69, 9.17) is 0 Å². The van der Waals surface area contributed by atoms with Crippen LogP contribution >= 0.6 is 0 Å². The van der Waals surface area contributed by atoms with E-state index in [2.05, 4.69) is 59.9 Å². The third-order valence-corrected chi connectivity index (χ3v) is 3.40. The van der Waals surface area contributed by atoms with Gasteiger partial charge in [0.05, 0.1) is 5.69 Å². The Balaban J connectivity index is 2.27. The van der Waals surface area contributed by atoms with Crippen molar-refractivity contribution < 1.29 is 0 Å². The molecule has 1 aromatic heterocycles. The van der Waals surface area contributed by atoms with Crippen molar-refractivity contribution in [2.45, 2.75) is 27.7 Å². The van der Waals surface area contributed by atoms with Gasteiger partial charge in [0.1, 0.15) is 5.82 Å². The predicted octanol–water partition coefficient (Wildman–Crippen LogP) is 3.54. The van der Waals surface area contributed by atoms with Gasteiger partial charge in [-0.3, -0.25) is 0 Å². The lowest BCUT2D eigenvalue weighted by Crippen LogP contribution is -2.21. The van der Waals surface area contributed by atoms with E-state index in [1.165, 1.54) is 5.69 Å². The molecule has 18 heavy (non-hydrogen) atoms. The van der Waals surface area contributed by atoms with E-state index < -0.39 is 0 Å². The van der Waals surface area contributed by atoms with Crippen molar-refractivity contribution in [2.75, 3.05) is 18.0 Å². The van der Waals surface area contributed by atoms with Crippen LogP contribution in [0.25, 0.3) is 11.4 Å². The van der Waals surface area contributed by atoms with Gasteiger partial charge in [0.25, 0.3) is 0 Å². The lowest BCUT2D eigenvalue weighted by atomic mass is 10.2. The van der Waals surface area contributed by atoms with E-state index in [0.29, 0.717) is 0 Å². The average Bonchev–Trinajstić information content (AvgIpc) is 2.72. The highest BCUT2D eigenvalue weighted by Gasteiger charge is 2.06. The maximum absolute atomic E-state index is 4.53. The second-order valence-electron chi connectivity index (χ2n) is 4.51. The Morgan fingerprint density at radius 3 is 2.11 bits per heavy atom. The molecule has 0 saturated heterocycles. The molecule has 3 heteroatoms. The second kappa shape index (κ2) is 5.25. The zero-order chi connectivity index (χ0) is 13.1. The highest BCUT2D eigenvalue weighted by atomic mass is 15.1. The van der Waals surface area contributed by atoms with Crippen LogP contribution in [-0.2, 0) is 0 Å². The predicted molar refractivity (Wildman–Crippen MR) is 77.1 cm³/mol. The number of nitrogens with one attached hydrogen (secondary N) is 1. The molecule has 0 unspecified atom stereocenters. The van der Waals surface area contributed by atoms with Crippen LogP contribution in [0.3, 0.4) is 0 Å². The Morgan fingerprint density at radius 2 is 1.67 bits per heavy atom. The SMILES string of the molecule is CCN(CC)c1ccc(-c2nc(C)c(C)[nH]2)cc1. The van der Waals surface area contributed by atoms with Gasteiger partial charge in [-0.2, -0.15) is 0 Å². The van der Waals surface area contributed by atoms with Gasteiger partial charge in [0.2, 0.25) is 0 Å². The first kappa shape index (κ1) is 12.7. The molecule has 0 aliphatic carbocycles. The fourth-order valence-electron chi connectivity index (χ4n) is 2.10. The molecule has 1 heterocycles. The Morgan fingerprint density at radius 1 is 1.06 bits per heavy atom. The zero-order valence-corrected chi connectivity index (χ0v) is 11.6. The highest BCUT2D eigenvalue weighted by Crippen LogP contribution is 2.21. The molecule has 2 aromatic rings. The number of aryl methyl sites for hydroxylation is 2. The molecule has 0 fully saturated rings. The Kier molecular flexibility index (Phi) is 3.70. The van der Waals surface area contributed by atoms with E-state index in [0.717, 1.165) is 35.9 Å². The monoisotopic (exact) mass is 243 g/mol. The quantitative estimate of drug-likeness (QED) is 0.890. The summed E-state index contributed by atoms with van der Waals surface area (Å²) in [5.74, 6) is 0.955. The first-order valence-corrected chi connectivity index (χ1v) is 6.54. The summed E-state index contributed by atoms with van der Waals surface area (Å²) in [4.78, 5) is 10.2. The van der Waals surface area contributed by atoms with Crippen LogP contribution in [0.1, 0.15) is 25.2 Å². The largest absolute Gasteiger partial charge is 0.372 e. The average molecular weight is 243 g/mol. The van der Waals surface area contributed by atoms with Crippen molar-refractivity contribution in [3.8, 4) is 11.4 Å². The fraction of sp³-hybridized carbons (Fsp3) is 0.400. The van der Waals surface area contributed by atoms with Crippen molar-refractivity contribution in [3.05, 3.63) is 35.7 Å². The number of hydrogen-bond donors (Lipinski definition) is 1. The standard InChI is InChI=1S/C15H21N3/c1-5-18(6-2)14-9-7-13(8-10-14)15-16-11(3)12(4)17-15/h7-10H,5-6H2,1-4H3,(H,16,17). The van der Waals surface area contributed by atoms with Gasteiger partial charge < -0.3 is 9.88 Å². The number of rotatable bonds is 4. The minimum atomic E-state index is 0.955. The van der Waals surface area contributed by atoms with Crippen LogP contribution in [0.15, 0.2) is 24.3 Å². The Bertz CT molecular complexity index is 488. The molecule has 0 radical (unpaired) electrons. The van der Waals surface area contributed by atoms with Crippen molar-refractivity contribution >= 4 is 5.69 Å². The number of hydrogen-bond acceptors (Lipinski definition) is 2. The lowest BCUT2D eigenvalue weighted by Gasteiger charge is -2.20. The molecule has 1 aromatic carbocycles. The molecule has 2 rings (SSSR count). The maximum Gasteiger partial charge on any atom is 0.137 e. The van der Waals surface area contributed by atoms with Crippen LogP contribution in [0.2, 0.25) is 0 Å². The first-order valence-electron chi connectivity index (χ1n) is 6.54. The number of nitrogens with zero attached hydrogens (tertiary/aromatic N) is 2. The molecule has 0 bridgehead atoms. The van der Waals surface area contributed by atoms with Crippen molar-refractivity contribution in [1.82, 2.24) is 9.97 Å². The summed E-state index contributed by atoms with van der Waals surface area (Å²) in [6.45, 7) is 10.5. The van der Waals surface area contributed by atoms with Gasteiger partial charge in [0, 0.05) is 30.0 Å². The van der Waals surface area contributed by atoms with Crippen LogP contribution in [0.5, 0.6) is 0 Å². The summed E-state index contributed by atoms with van der Waals surface area (Å²) in [5.41, 5.74) is 4.61. The molecule has 0 spiro atoms. The fourth-order valence-corrected chi connectivity index (χ4v) is 2.10. The molecule has 96 valence electrons. The molecular weight excluding hydrogens is 222 g/mol. The third-order valence-electron chi connectivity index (χ3n) is 3.40. The van der Waals surface area contributed by atoms with Crippen molar-refractivity contribution in [2.24, 2.45) is 0 Å². The molecule has 1 N–H and O–H groups in total. The van der Waals surface area contributed by atoms with Gasteiger partial charge in [-0.25, -0.2) is 4.98 Å². The van der Waals surface area contributed by atoms with Gasteiger partial charge in [0.15, 0.2) is 0 Å². The van der Waals surface area contributed by atoms with E-state index in [9.17, 15) is 0 Å². The number of benzene rings is 1. The Hall–Kier alpha value is -1.77. The summed E-state index contributed by atoms with van der Waals surface area (Å²) in [6, 6.07) is 8.59. The Labute approximate surface area is 109 Å². The van der Waals surface area contributed by atoms with Gasteiger partial charge in [-0.05, 0) is 52.0 Å². The number of H-pyrrole nitrogens is 1. The van der Waals surface area contributed by atoms with E-state index in [1.54, 1.807) is 0 Å². The van der Waals surface area contributed by atoms with Gasteiger partial charge in [-0.1, -0.05) is 0 Å². The van der Waals surface area contributed by atoms with Crippen LogP contribution in [-0.4, -0.2) is 23.1 Å².